The van der Waals surface area contributed by atoms with E-state index in [0.29, 0.717) is 25.9 Å². The van der Waals surface area contributed by atoms with Gasteiger partial charge in [0, 0.05) is 31.9 Å². The number of primary amides is 1. The Kier molecular flexibility index (Phi) is 6.38. The monoisotopic (exact) mass is 414 g/mol. The van der Waals surface area contributed by atoms with Gasteiger partial charge in [-0.15, -0.1) is 0 Å². The largest absolute Gasteiger partial charge is 0.368 e. The zero-order valence-corrected chi connectivity index (χ0v) is 17.3. The second-order valence-corrected chi connectivity index (χ2v) is 7.90. The van der Waals surface area contributed by atoms with Gasteiger partial charge in [-0.1, -0.05) is 54.6 Å². The van der Waals surface area contributed by atoms with Gasteiger partial charge in [0.15, 0.2) is 0 Å². The molecular formula is C25H26N4O2. The van der Waals surface area contributed by atoms with E-state index in [9.17, 15) is 9.59 Å². The van der Waals surface area contributed by atoms with E-state index in [4.69, 9.17) is 5.73 Å². The lowest BCUT2D eigenvalue weighted by atomic mass is 9.92. The van der Waals surface area contributed by atoms with Gasteiger partial charge in [-0.05, 0) is 40.8 Å². The second kappa shape index (κ2) is 9.53. The number of pyridine rings is 1. The highest BCUT2D eigenvalue weighted by Crippen LogP contribution is 2.25. The minimum Gasteiger partial charge on any atom is -0.368 e. The summed E-state index contributed by atoms with van der Waals surface area (Å²) in [5.41, 5.74) is 10.0. The van der Waals surface area contributed by atoms with Gasteiger partial charge < -0.3 is 11.1 Å². The Morgan fingerprint density at radius 1 is 0.968 bits per heavy atom. The Bertz CT molecular complexity index is 1040. The summed E-state index contributed by atoms with van der Waals surface area (Å²) in [6.45, 7) is 1.28. The fourth-order valence-corrected chi connectivity index (χ4v) is 4.07. The molecule has 2 amide bonds. The van der Waals surface area contributed by atoms with E-state index >= 15 is 0 Å². The van der Waals surface area contributed by atoms with Gasteiger partial charge in [-0.3, -0.25) is 19.5 Å². The van der Waals surface area contributed by atoms with E-state index in [2.05, 4.69) is 27.3 Å². The maximum Gasteiger partial charge on any atom is 0.240 e. The molecule has 3 N–H and O–H groups in total. The third kappa shape index (κ3) is 5.16. The van der Waals surface area contributed by atoms with Crippen LogP contribution in [-0.2, 0) is 35.5 Å². The molecule has 4 rings (SSSR count). The van der Waals surface area contributed by atoms with Gasteiger partial charge in [0.05, 0.1) is 6.04 Å². The van der Waals surface area contributed by atoms with E-state index in [1.165, 1.54) is 5.56 Å². The summed E-state index contributed by atoms with van der Waals surface area (Å²) in [6, 6.07) is 20.5. The van der Waals surface area contributed by atoms with Crippen LogP contribution in [0.4, 0.5) is 0 Å². The van der Waals surface area contributed by atoms with E-state index in [0.717, 1.165) is 16.7 Å². The minimum absolute atomic E-state index is 0.178. The number of fused-ring (bicyclic) bond motifs is 1. The van der Waals surface area contributed by atoms with Crippen LogP contribution in [0.2, 0.25) is 0 Å². The highest BCUT2D eigenvalue weighted by molar-refractivity contribution is 5.89. The van der Waals surface area contributed by atoms with Gasteiger partial charge in [0.25, 0.3) is 0 Å². The molecule has 31 heavy (non-hydrogen) atoms. The normalized spacial score (nSPS) is 16.8. The van der Waals surface area contributed by atoms with Crippen LogP contribution in [0.1, 0.15) is 22.3 Å². The highest BCUT2D eigenvalue weighted by atomic mass is 16.2. The first-order chi connectivity index (χ1) is 15.1. The lowest BCUT2D eigenvalue weighted by molar-refractivity contribution is -0.131. The van der Waals surface area contributed by atoms with Crippen molar-refractivity contribution < 1.29 is 9.59 Å². The SMILES string of the molecule is NC(=O)[C@H](Cc1ccccc1)NC(=O)C1Cc2ccccc2CN1Cc1ccncc1. The summed E-state index contributed by atoms with van der Waals surface area (Å²) in [4.78, 5) is 31.6. The number of nitrogens with one attached hydrogen (secondary N) is 1. The van der Waals surface area contributed by atoms with Crippen LogP contribution < -0.4 is 11.1 Å². The number of hydrogen-bond acceptors (Lipinski definition) is 4. The lowest BCUT2D eigenvalue weighted by Crippen LogP contribution is -2.55. The van der Waals surface area contributed by atoms with Crippen molar-refractivity contribution in [1.82, 2.24) is 15.2 Å². The summed E-state index contributed by atoms with van der Waals surface area (Å²) in [5.74, 6) is -0.711. The number of benzene rings is 2. The summed E-state index contributed by atoms with van der Waals surface area (Å²) in [6.07, 6.45) is 4.47. The van der Waals surface area contributed by atoms with Gasteiger partial charge in [-0.25, -0.2) is 0 Å². The fraction of sp³-hybridized carbons (Fsp3) is 0.240. The molecular weight excluding hydrogens is 388 g/mol. The molecule has 0 spiro atoms. The third-order valence-corrected chi connectivity index (χ3v) is 5.73. The average molecular weight is 415 g/mol. The Hall–Kier alpha value is -3.51. The van der Waals surface area contributed by atoms with Crippen molar-refractivity contribution in [2.24, 2.45) is 5.73 Å². The first kappa shape index (κ1) is 20.8. The second-order valence-electron chi connectivity index (χ2n) is 7.90. The van der Waals surface area contributed by atoms with Crippen LogP contribution in [0.3, 0.4) is 0 Å². The standard InChI is InChI=1S/C25H26N4O2/c26-24(30)22(14-18-6-2-1-3-7-18)28-25(31)23-15-20-8-4-5-9-21(20)17-29(23)16-19-10-12-27-13-11-19/h1-13,22-23H,14-17H2,(H2,26,30)(H,28,31)/t22-,23?/m0/s1. The predicted octanol–water partition coefficient (Wildman–Crippen LogP) is 2.22. The van der Waals surface area contributed by atoms with Crippen molar-refractivity contribution >= 4 is 11.8 Å². The van der Waals surface area contributed by atoms with Crippen molar-refractivity contribution in [3.05, 3.63) is 101 Å². The molecule has 0 bridgehead atoms. The molecule has 6 nitrogen and oxygen atoms in total. The minimum atomic E-state index is -0.755. The zero-order chi connectivity index (χ0) is 21.6. The van der Waals surface area contributed by atoms with E-state index < -0.39 is 11.9 Å². The third-order valence-electron chi connectivity index (χ3n) is 5.73. The van der Waals surface area contributed by atoms with Crippen molar-refractivity contribution in [3.8, 4) is 0 Å². The van der Waals surface area contributed by atoms with Crippen molar-refractivity contribution in [1.29, 1.82) is 0 Å². The summed E-state index contributed by atoms with van der Waals surface area (Å²) >= 11 is 0. The number of carbonyl (C=O) groups is 2. The van der Waals surface area contributed by atoms with Crippen molar-refractivity contribution in [2.75, 3.05) is 0 Å². The zero-order valence-electron chi connectivity index (χ0n) is 17.3. The molecule has 1 aromatic heterocycles. The number of nitrogens with two attached hydrogens (primary N) is 1. The van der Waals surface area contributed by atoms with Crippen LogP contribution in [0, 0.1) is 0 Å². The van der Waals surface area contributed by atoms with Gasteiger partial charge in [-0.2, -0.15) is 0 Å². The maximum absolute atomic E-state index is 13.3. The van der Waals surface area contributed by atoms with Crippen LogP contribution in [-0.4, -0.2) is 33.8 Å². The Morgan fingerprint density at radius 2 is 1.65 bits per heavy atom. The van der Waals surface area contributed by atoms with Crippen molar-refractivity contribution in [3.63, 3.8) is 0 Å². The quantitative estimate of drug-likeness (QED) is 0.621. The Morgan fingerprint density at radius 3 is 2.35 bits per heavy atom. The molecule has 2 aromatic carbocycles. The predicted molar refractivity (Wildman–Crippen MR) is 119 cm³/mol. The molecule has 1 unspecified atom stereocenters. The van der Waals surface area contributed by atoms with Gasteiger partial charge >= 0.3 is 0 Å². The molecule has 0 radical (unpaired) electrons. The first-order valence-electron chi connectivity index (χ1n) is 10.4. The molecule has 3 aromatic rings. The highest BCUT2D eigenvalue weighted by Gasteiger charge is 2.33. The van der Waals surface area contributed by atoms with Crippen LogP contribution in [0.5, 0.6) is 0 Å². The van der Waals surface area contributed by atoms with Crippen LogP contribution in [0.25, 0.3) is 0 Å². The Balaban J connectivity index is 1.54. The molecule has 0 saturated heterocycles. The smallest absolute Gasteiger partial charge is 0.240 e. The van der Waals surface area contributed by atoms with Crippen LogP contribution >= 0.6 is 0 Å². The number of nitrogens with zero attached hydrogens (tertiary/aromatic N) is 2. The fourth-order valence-electron chi connectivity index (χ4n) is 4.07. The molecule has 2 atom stereocenters. The van der Waals surface area contributed by atoms with Gasteiger partial charge in [0.1, 0.15) is 6.04 Å². The summed E-state index contributed by atoms with van der Waals surface area (Å²) in [7, 11) is 0. The van der Waals surface area contributed by atoms with Gasteiger partial charge in [0.2, 0.25) is 11.8 Å². The Labute approximate surface area is 182 Å². The summed E-state index contributed by atoms with van der Waals surface area (Å²) in [5, 5.41) is 2.91. The molecule has 0 fully saturated rings. The number of rotatable bonds is 7. The van der Waals surface area contributed by atoms with E-state index in [-0.39, 0.29) is 11.9 Å². The number of hydrogen-bond donors (Lipinski definition) is 2. The van der Waals surface area contributed by atoms with Crippen LogP contribution in [0.15, 0.2) is 79.1 Å². The summed E-state index contributed by atoms with van der Waals surface area (Å²) < 4.78 is 0. The molecule has 1 aliphatic heterocycles. The van der Waals surface area contributed by atoms with Crippen molar-refractivity contribution in [2.45, 2.75) is 38.0 Å². The molecule has 0 aliphatic carbocycles. The van der Waals surface area contributed by atoms with E-state index in [1.54, 1.807) is 12.4 Å². The maximum atomic E-state index is 13.3. The average Bonchev–Trinajstić information content (AvgIpc) is 2.79. The number of amides is 2. The molecule has 6 heteroatoms. The number of aromatic nitrogens is 1. The molecule has 158 valence electrons. The van der Waals surface area contributed by atoms with E-state index in [1.807, 2.05) is 54.6 Å². The topological polar surface area (TPSA) is 88.3 Å². The molecule has 1 aliphatic rings. The molecule has 0 saturated carbocycles. The molecule has 2 heterocycles. The first-order valence-corrected chi connectivity index (χ1v) is 10.4. The number of carbonyl (C=O) groups excluding carboxylic acids is 2. The lowest BCUT2D eigenvalue weighted by Gasteiger charge is -2.36.